The second-order valence-electron chi connectivity index (χ2n) is 5.78. The van der Waals surface area contributed by atoms with Crippen LogP contribution in [-0.2, 0) is 9.59 Å². The molecule has 1 fully saturated rings. The van der Waals surface area contributed by atoms with Crippen molar-refractivity contribution in [1.82, 2.24) is 10.7 Å². The number of thioether (sulfide) groups is 1. The maximum Gasteiger partial charge on any atom is 0.277 e. The largest absolute Gasteiger partial charge is 0.497 e. The minimum atomic E-state index is -0.381. The van der Waals surface area contributed by atoms with E-state index in [0.717, 1.165) is 16.9 Å². The topological polar surface area (TPSA) is 89.0 Å². The van der Waals surface area contributed by atoms with Gasteiger partial charge in [-0.25, -0.2) is 5.43 Å². The lowest BCUT2D eigenvalue weighted by Crippen LogP contribution is -2.24. The van der Waals surface area contributed by atoms with E-state index in [1.54, 1.807) is 49.6 Å². The van der Waals surface area contributed by atoms with Crippen LogP contribution in [0.4, 0.5) is 0 Å². The van der Waals surface area contributed by atoms with E-state index in [1.165, 1.54) is 18.0 Å². The number of hydrogen-bond donors (Lipinski definition) is 2. The lowest BCUT2D eigenvalue weighted by molar-refractivity contribution is -0.123. The highest BCUT2D eigenvalue weighted by atomic mass is 32.2. The number of nitrogens with one attached hydrogen (secondary N) is 2. The van der Waals surface area contributed by atoms with Gasteiger partial charge in [-0.15, -0.1) is 0 Å². The number of carbonyl (C=O) groups is 2. The zero-order chi connectivity index (χ0) is 20.6. The summed E-state index contributed by atoms with van der Waals surface area (Å²) in [5.74, 6) is 0.691. The van der Waals surface area contributed by atoms with Crippen LogP contribution in [0.2, 0.25) is 0 Å². The van der Waals surface area contributed by atoms with Crippen molar-refractivity contribution >= 4 is 52.4 Å². The minimum Gasteiger partial charge on any atom is -0.497 e. The summed E-state index contributed by atoms with van der Waals surface area (Å²) in [4.78, 5) is 24.0. The number of hydrazone groups is 1. The lowest BCUT2D eigenvalue weighted by Gasteiger charge is -2.05. The molecule has 29 heavy (non-hydrogen) atoms. The second kappa shape index (κ2) is 9.85. The number of amides is 2. The summed E-state index contributed by atoms with van der Waals surface area (Å²) in [5, 5.41) is 6.45. The maximum atomic E-state index is 11.8. The second-order valence-corrected chi connectivity index (χ2v) is 7.50. The Hall–Kier alpha value is -3.17. The molecular formula is C20H17N3O4S2. The minimum absolute atomic E-state index is 0.174. The molecule has 2 N–H and O–H groups in total. The number of hydrogen-bond acceptors (Lipinski definition) is 7. The molecule has 1 aliphatic rings. The Bertz CT molecular complexity index is 970. The van der Waals surface area contributed by atoms with E-state index in [1.807, 2.05) is 12.1 Å². The molecule has 0 radical (unpaired) electrons. The van der Waals surface area contributed by atoms with E-state index in [2.05, 4.69) is 15.8 Å². The van der Waals surface area contributed by atoms with Crippen molar-refractivity contribution in [2.45, 2.75) is 0 Å². The van der Waals surface area contributed by atoms with E-state index in [0.29, 0.717) is 15.0 Å². The Morgan fingerprint density at radius 3 is 2.41 bits per heavy atom. The van der Waals surface area contributed by atoms with Gasteiger partial charge in [-0.05, 0) is 53.6 Å². The van der Waals surface area contributed by atoms with Crippen molar-refractivity contribution in [3.05, 3.63) is 64.6 Å². The van der Waals surface area contributed by atoms with Crippen molar-refractivity contribution < 1.29 is 19.1 Å². The summed E-state index contributed by atoms with van der Waals surface area (Å²) < 4.78 is 11.0. The van der Waals surface area contributed by atoms with Gasteiger partial charge in [-0.1, -0.05) is 36.1 Å². The Morgan fingerprint density at radius 1 is 1.14 bits per heavy atom. The molecule has 7 nitrogen and oxygen atoms in total. The third-order valence-corrected chi connectivity index (χ3v) is 4.87. The van der Waals surface area contributed by atoms with Crippen molar-refractivity contribution in [2.24, 2.45) is 5.10 Å². The summed E-state index contributed by atoms with van der Waals surface area (Å²) in [6.07, 6.45) is 3.27. The zero-order valence-corrected chi connectivity index (χ0v) is 17.0. The van der Waals surface area contributed by atoms with Crippen LogP contribution in [0, 0.1) is 0 Å². The predicted molar refractivity (Wildman–Crippen MR) is 117 cm³/mol. The molecule has 2 aromatic carbocycles. The first kappa shape index (κ1) is 20.6. The first-order valence-corrected chi connectivity index (χ1v) is 9.69. The fourth-order valence-corrected chi connectivity index (χ4v) is 3.33. The van der Waals surface area contributed by atoms with Crippen LogP contribution in [0.5, 0.6) is 11.5 Å². The maximum absolute atomic E-state index is 11.8. The van der Waals surface area contributed by atoms with Crippen LogP contribution in [0.3, 0.4) is 0 Å². The Labute approximate surface area is 177 Å². The Kier molecular flexibility index (Phi) is 6.99. The highest BCUT2D eigenvalue weighted by Gasteiger charge is 2.21. The van der Waals surface area contributed by atoms with Gasteiger partial charge in [0, 0.05) is 0 Å². The molecule has 2 aromatic rings. The van der Waals surface area contributed by atoms with Crippen LogP contribution >= 0.6 is 24.0 Å². The van der Waals surface area contributed by atoms with Gasteiger partial charge in [0.25, 0.3) is 11.8 Å². The van der Waals surface area contributed by atoms with Crippen molar-refractivity contribution in [1.29, 1.82) is 0 Å². The summed E-state index contributed by atoms with van der Waals surface area (Å²) in [6.45, 7) is -0.174. The third-order valence-electron chi connectivity index (χ3n) is 3.71. The number of methoxy groups -OCH3 is 1. The molecule has 9 heteroatoms. The van der Waals surface area contributed by atoms with E-state index in [4.69, 9.17) is 21.7 Å². The summed E-state index contributed by atoms with van der Waals surface area (Å²) in [6, 6.07) is 14.3. The molecule has 0 aliphatic carbocycles. The van der Waals surface area contributed by atoms with Crippen molar-refractivity contribution in [3.8, 4) is 11.5 Å². The van der Waals surface area contributed by atoms with Gasteiger partial charge in [-0.2, -0.15) is 5.10 Å². The average molecular weight is 428 g/mol. The van der Waals surface area contributed by atoms with Crippen LogP contribution in [0.15, 0.2) is 58.5 Å². The molecule has 1 saturated heterocycles. The normalized spacial score (nSPS) is 14.9. The number of thiocarbonyl (C=S) groups is 1. The van der Waals surface area contributed by atoms with Gasteiger partial charge in [0.05, 0.1) is 18.2 Å². The first-order valence-electron chi connectivity index (χ1n) is 8.47. The van der Waals surface area contributed by atoms with E-state index in [9.17, 15) is 9.59 Å². The molecule has 0 unspecified atom stereocenters. The van der Waals surface area contributed by atoms with Crippen LogP contribution < -0.4 is 20.2 Å². The van der Waals surface area contributed by atoms with Crippen LogP contribution in [-0.4, -0.2) is 36.1 Å². The van der Waals surface area contributed by atoms with Gasteiger partial charge < -0.3 is 14.8 Å². The molecule has 1 heterocycles. The third kappa shape index (κ3) is 6.16. The number of nitrogens with zero attached hydrogens (tertiary/aromatic N) is 1. The summed E-state index contributed by atoms with van der Waals surface area (Å²) in [7, 11) is 1.59. The standard InChI is InChI=1S/C20H17N3O4S2/c1-26-15-6-4-14(5-7-15)11-21-23-18(24)12-27-16-8-2-13(3-9-16)10-17-19(25)22-20(28)29-17/h2-11H,12H2,1H3,(H,23,24)(H,22,25,28). The van der Waals surface area contributed by atoms with E-state index < -0.39 is 0 Å². The summed E-state index contributed by atoms with van der Waals surface area (Å²) >= 11 is 6.18. The van der Waals surface area contributed by atoms with Gasteiger partial charge in [0.1, 0.15) is 15.8 Å². The molecule has 2 amide bonds. The fraction of sp³-hybridized carbons (Fsp3) is 0.100. The van der Waals surface area contributed by atoms with Gasteiger partial charge in [0.15, 0.2) is 6.61 Å². The molecular weight excluding hydrogens is 410 g/mol. The van der Waals surface area contributed by atoms with Gasteiger partial charge in [0.2, 0.25) is 0 Å². The van der Waals surface area contributed by atoms with E-state index >= 15 is 0 Å². The van der Waals surface area contributed by atoms with Crippen molar-refractivity contribution in [3.63, 3.8) is 0 Å². The zero-order valence-electron chi connectivity index (χ0n) is 15.4. The SMILES string of the molecule is COc1ccc(C=NNC(=O)COc2ccc(C=C3SC(=S)NC3=O)cc2)cc1. The van der Waals surface area contributed by atoms with Crippen LogP contribution in [0.25, 0.3) is 6.08 Å². The lowest BCUT2D eigenvalue weighted by atomic mass is 10.2. The summed E-state index contributed by atoms with van der Waals surface area (Å²) in [5.41, 5.74) is 4.06. The number of benzene rings is 2. The predicted octanol–water partition coefficient (Wildman–Crippen LogP) is 2.71. The monoisotopic (exact) mass is 427 g/mol. The molecule has 0 spiro atoms. The van der Waals surface area contributed by atoms with E-state index in [-0.39, 0.29) is 18.4 Å². The highest BCUT2D eigenvalue weighted by molar-refractivity contribution is 8.26. The smallest absolute Gasteiger partial charge is 0.277 e. The Morgan fingerprint density at radius 2 is 1.79 bits per heavy atom. The number of rotatable bonds is 7. The van der Waals surface area contributed by atoms with Crippen LogP contribution in [0.1, 0.15) is 11.1 Å². The number of carbonyl (C=O) groups excluding carboxylic acids is 2. The highest BCUT2D eigenvalue weighted by Crippen LogP contribution is 2.26. The molecule has 148 valence electrons. The van der Waals surface area contributed by atoms with Crippen molar-refractivity contribution in [2.75, 3.05) is 13.7 Å². The first-order chi connectivity index (χ1) is 14.0. The molecule has 0 saturated carbocycles. The molecule has 3 rings (SSSR count). The average Bonchev–Trinajstić information content (AvgIpc) is 3.04. The quantitative estimate of drug-likeness (QED) is 0.306. The number of ether oxygens (including phenoxy) is 2. The molecule has 0 aromatic heterocycles. The van der Waals surface area contributed by atoms with Gasteiger partial charge >= 0.3 is 0 Å². The molecule has 1 aliphatic heterocycles. The molecule has 0 atom stereocenters. The fourth-order valence-electron chi connectivity index (χ4n) is 2.28. The van der Waals surface area contributed by atoms with Gasteiger partial charge in [-0.3, -0.25) is 9.59 Å². The molecule has 0 bridgehead atoms. The Balaban J connectivity index is 1.46.